The van der Waals surface area contributed by atoms with Gasteiger partial charge in [0.15, 0.2) is 0 Å². The number of carbonyl (C=O) groups excluding carboxylic acids is 1. The highest BCUT2D eigenvalue weighted by Gasteiger charge is 2.61. The Balaban J connectivity index is 1.34. The van der Waals surface area contributed by atoms with Crippen molar-refractivity contribution in [3.05, 3.63) is 35.9 Å². The van der Waals surface area contributed by atoms with Crippen LogP contribution in [0, 0.1) is 18.8 Å². The van der Waals surface area contributed by atoms with Crippen LogP contribution in [0.2, 0.25) is 0 Å². The monoisotopic (exact) mass is 502 g/mol. The summed E-state index contributed by atoms with van der Waals surface area (Å²) in [5.74, 6) is -2.11. The molecule has 2 unspecified atom stereocenters. The van der Waals surface area contributed by atoms with Crippen molar-refractivity contribution in [2.45, 2.75) is 25.7 Å². The lowest BCUT2D eigenvalue weighted by Crippen LogP contribution is -2.36. The van der Waals surface area contributed by atoms with Crippen molar-refractivity contribution >= 4 is 17.5 Å². The van der Waals surface area contributed by atoms with Crippen LogP contribution in [0.15, 0.2) is 30.3 Å². The molecule has 3 heterocycles. The second-order valence-corrected chi connectivity index (χ2v) is 9.75. The van der Waals surface area contributed by atoms with Crippen LogP contribution < -0.4 is 15.0 Å². The SMILES string of the molecule is Cc1ccc(NC(=O)N2CCC(C3CC3(F)F)C2)cc1-c1cc(OCCO)nc(N2CCOCC2)c1. The number of aromatic nitrogens is 1. The fourth-order valence-electron chi connectivity index (χ4n) is 5.08. The number of hydrogen-bond donors (Lipinski definition) is 2. The molecule has 194 valence electrons. The smallest absolute Gasteiger partial charge is 0.321 e. The Morgan fingerprint density at radius 3 is 2.75 bits per heavy atom. The molecule has 2 amide bonds. The maximum Gasteiger partial charge on any atom is 0.321 e. The molecular formula is C26H32F2N4O4. The van der Waals surface area contributed by atoms with Crippen LogP contribution in [0.5, 0.6) is 5.88 Å². The van der Waals surface area contributed by atoms with Crippen molar-refractivity contribution in [2.75, 3.05) is 62.8 Å². The van der Waals surface area contributed by atoms with Crippen LogP contribution in [0.3, 0.4) is 0 Å². The highest BCUT2D eigenvalue weighted by Crippen LogP contribution is 2.55. The minimum Gasteiger partial charge on any atom is -0.475 e. The van der Waals surface area contributed by atoms with Crippen molar-refractivity contribution in [3.8, 4) is 17.0 Å². The van der Waals surface area contributed by atoms with E-state index < -0.39 is 11.8 Å². The van der Waals surface area contributed by atoms with Crippen molar-refractivity contribution in [1.82, 2.24) is 9.88 Å². The third-order valence-corrected chi connectivity index (χ3v) is 7.22. The van der Waals surface area contributed by atoms with E-state index in [0.29, 0.717) is 57.4 Å². The number of hydrogen-bond acceptors (Lipinski definition) is 6. The van der Waals surface area contributed by atoms with E-state index in [1.54, 1.807) is 4.90 Å². The lowest BCUT2D eigenvalue weighted by Gasteiger charge is -2.28. The van der Waals surface area contributed by atoms with Crippen LogP contribution >= 0.6 is 0 Å². The first kappa shape index (κ1) is 24.7. The molecular weight excluding hydrogens is 470 g/mol. The topological polar surface area (TPSA) is 87.2 Å². The van der Waals surface area contributed by atoms with E-state index in [1.165, 1.54) is 0 Å². The van der Waals surface area contributed by atoms with Gasteiger partial charge in [-0.3, -0.25) is 0 Å². The summed E-state index contributed by atoms with van der Waals surface area (Å²) in [4.78, 5) is 21.3. The number of benzene rings is 1. The van der Waals surface area contributed by atoms with Crippen LogP contribution in [-0.4, -0.2) is 79.6 Å². The summed E-state index contributed by atoms with van der Waals surface area (Å²) >= 11 is 0. The molecule has 10 heteroatoms. The summed E-state index contributed by atoms with van der Waals surface area (Å²) < 4.78 is 38.0. The Hall–Kier alpha value is -2.98. The van der Waals surface area contributed by atoms with E-state index in [-0.39, 0.29) is 31.6 Å². The number of aliphatic hydroxyl groups is 1. The van der Waals surface area contributed by atoms with Crippen LogP contribution in [0.25, 0.3) is 11.1 Å². The molecule has 0 bridgehead atoms. The zero-order valence-electron chi connectivity index (χ0n) is 20.4. The number of nitrogens with zero attached hydrogens (tertiary/aromatic N) is 3. The van der Waals surface area contributed by atoms with Gasteiger partial charge in [-0.1, -0.05) is 6.07 Å². The molecule has 1 saturated carbocycles. The van der Waals surface area contributed by atoms with Gasteiger partial charge in [0.2, 0.25) is 5.88 Å². The highest BCUT2D eigenvalue weighted by atomic mass is 19.3. The van der Waals surface area contributed by atoms with Crippen molar-refractivity contribution in [3.63, 3.8) is 0 Å². The van der Waals surface area contributed by atoms with E-state index >= 15 is 0 Å². The molecule has 2 saturated heterocycles. The summed E-state index contributed by atoms with van der Waals surface area (Å²) in [6.07, 6.45) is 0.557. The molecule has 1 aromatic heterocycles. The van der Waals surface area contributed by atoms with Gasteiger partial charge in [-0.25, -0.2) is 13.6 Å². The number of likely N-dealkylation sites (tertiary alicyclic amines) is 1. The van der Waals surface area contributed by atoms with Crippen LogP contribution in [0.4, 0.5) is 25.1 Å². The summed E-state index contributed by atoms with van der Waals surface area (Å²) in [5.41, 5.74) is 3.43. The number of urea groups is 1. The number of rotatable bonds is 7. The van der Waals surface area contributed by atoms with Gasteiger partial charge < -0.3 is 29.7 Å². The van der Waals surface area contributed by atoms with E-state index in [1.807, 2.05) is 37.3 Å². The van der Waals surface area contributed by atoms with Gasteiger partial charge in [0, 0.05) is 50.3 Å². The summed E-state index contributed by atoms with van der Waals surface area (Å²) in [7, 11) is 0. The average molecular weight is 503 g/mol. The Morgan fingerprint density at radius 1 is 1.25 bits per heavy atom. The maximum absolute atomic E-state index is 13.5. The lowest BCUT2D eigenvalue weighted by atomic mass is 10.0. The Kier molecular flexibility index (Phi) is 6.98. The Morgan fingerprint density at radius 2 is 2.03 bits per heavy atom. The standard InChI is InChI=1S/C26H32F2N4O4/c1-17-2-3-20(29-25(34)32-5-4-18(16-32)22-15-26(22,27)28)14-21(17)19-12-23(31-6-9-35-10-7-31)30-24(13-19)36-11-8-33/h2-3,12-14,18,22,33H,4-11,15-16H2,1H3,(H,29,34). The fourth-order valence-corrected chi connectivity index (χ4v) is 5.08. The molecule has 5 rings (SSSR count). The molecule has 3 fully saturated rings. The molecule has 3 aliphatic rings. The Bertz CT molecular complexity index is 1110. The normalized spacial score (nSPS) is 23.0. The number of amides is 2. The number of halogens is 2. The second kappa shape index (κ2) is 10.2. The maximum atomic E-state index is 13.5. The van der Waals surface area contributed by atoms with Crippen LogP contribution in [-0.2, 0) is 4.74 Å². The van der Waals surface area contributed by atoms with Gasteiger partial charge in [-0.15, -0.1) is 0 Å². The first-order valence-electron chi connectivity index (χ1n) is 12.5. The molecule has 8 nitrogen and oxygen atoms in total. The van der Waals surface area contributed by atoms with Crippen molar-refractivity contribution < 1.29 is 28.2 Å². The zero-order chi connectivity index (χ0) is 25.3. The van der Waals surface area contributed by atoms with Gasteiger partial charge in [0.05, 0.1) is 19.8 Å². The molecule has 2 aliphatic heterocycles. The number of carbonyl (C=O) groups is 1. The number of morpholine rings is 1. The highest BCUT2D eigenvalue weighted by molar-refractivity contribution is 5.90. The minimum atomic E-state index is -2.56. The van der Waals surface area contributed by atoms with Crippen molar-refractivity contribution in [1.29, 1.82) is 0 Å². The third kappa shape index (κ3) is 5.39. The number of alkyl halides is 2. The number of anilines is 2. The molecule has 0 radical (unpaired) electrons. The largest absolute Gasteiger partial charge is 0.475 e. The Labute approximate surface area is 209 Å². The third-order valence-electron chi connectivity index (χ3n) is 7.22. The molecule has 36 heavy (non-hydrogen) atoms. The molecule has 2 aromatic rings. The van der Waals surface area contributed by atoms with Gasteiger partial charge in [-0.05, 0) is 54.2 Å². The van der Waals surface area contributed by atoms with Gasteiger partial charge in [-0.2, -0.15) is 4.98 Å². The van der Waals surface area contributed by atoms with Crippen molar-refractivity contribution in [2.24, 2.45) is 11.8 Å². The van der Waals surface area contributed by atoms with E-state index in [4.69, 9.17) is 9.47 Å². The predicted octanol–water partition coefficient (Wildman–Crippen LogP) is 3.77. The number of aryl methyl sites for hydroxylation is 1. The van der Waals surface area contributed by atoms with Gasteiger partial charge in [0.1, 0.15) is 12.4 Å². The fraction of sp³-hybridized carbons (Fsp3) is 0.538. The summed E-state index contributed by atoms with van der Waals surface area (Å²) in [6.45, 7) is 5.54. The first-order chi connectivity index (χ1) is 17.3. The second-order valence-electron chi connectivity index (χ2n) is 9.75. The number of aliphatic hydroxyl groups excluding tert-OH is 1. The van der Waals surface area contributed by atoms with E-state index in [9.17, 15) is 18.7 Å². The summed E-state index contributed by atoms with van der Waals surface area (Å²) in [6, 6.07) is 9.23. The average Bonchev–Trinajstić information content (AvgIpc) is 3.27. The molecule has 1 aliphatic carbocycles. The predicted molar refractivity (Wildman–Crippen MR) is 132 cm³/mol. The van der Waals surface area contributed by atoms with Gasteiger partial charge in [0.25, 0.3) is 5.92 Å². The number of nitrogens with one attached hydrogen (secondary N) is 1. The quantitative estimate of drug-likeness (QED) is 0.600. The van der Waals surface area contributed by atoms with Crippen LogP contribution in [0.1, 0.15) is 18.4 Å². The number of ether oxygens (including phenoxy) is 2. The van der Waals surface area contributed by atoms with Gasteiger partial charge >= 0.3 is 6.03 Å². The zero-order valence-corrected chi connectivity index (χ0v) is 20.4. The summed E-state index contributed by atoms with van der Waals surface area (Å²) in [5, 5.41) is 12.1. The molecule has 1 aromatic carbocycles. The lowest BCUT2D eigenvalue weighted by molar-refractivity contribution is 0.0857. The van der Waals surface area contributed by atoms with E-state index in [0.717, 1.165) is 22.5 Å². The molecule has 2 atom stereocenters. The van der Waals surface area contributed by atoms with E-state index in [2.05, 4.69) is 15.2 Å². The number of pyridine rings is 1. The molecule has 2 N–H and O–H groups in total. The first-order valence-corrected chi connectivity index (χ1v) is 12.5. The molecule has 0 spiro atoms. The minimum absolute atomic E-state index is 0.0587.